The molecule has 0 unspecified atom stereocenters. The van der Waals surface area contributed by atoms with Crippen LogP contribution in [0.25, 0.3) is 22.2 Å². The molecule has 0 radical (unpaired) electrons. The number of likely N-dealkylation sites (tertiary alicyclic amines) is 1. The molecule has 1 aliphatic heterocycles. The smallest absolute Gasteiger partial charge is 0.398 e. The van der Waals surface area contributed by atoms with Crippen LogP contribution in [-0.2, 0) is 29.5 Å². The number of ether oxygens (including phenoxy) is 1. The highest BCUT2D eigenvalue weighted by Crippen LogP contribution is 2.31. The van der Waals surface area contributed by atoms with Crippen LogP contribution in [0.15, 0.2) is 29.1 Å². The van der Waals surface area contributed by atoms with Gasteiger partial charge in [-0.3, -0.25) is 9.69 Å². The molecule has 0 amide bonds. The van der Waals surface area contributed by atoms with Crippen molar-refractivity contribution < 1.29 is 27.5 Å². The Hall–Kier alpha value is -3.60. The largest absolute Gasteiger partial charge is 0.491 e. The maximum atomic E-state index is 12.7. The zero-order valence-electron chi connectivity index (χ0n) is 19.3. The summed E-state index contributed by atoms with van der Waals surface area (Å²) in [4.78, 5) is 40.8. The summed E-state index contributed by atoms with van der Waals surface area (Å²) in [5, 5.41) is 0.944. The molecule has 4 rings (SSSR count). The Morgan fingerprint density at radius 3 is 2.49 bits per heavy atom. The van der Waals surface area contributed by atoms with Crippen molar-refractivity contribution in [1.29, 1.82) is 0 Å². The Bertz CT molecular complexity index is 1370. The molecule has 0 saturated carbocycles. The van der Waals surface area contributed by atoms with Gasteiger partial charge in [-0.2, -0.15) is 13.2 Å². The fourth-order valence-electron chi connectivity index (χ4n) is 4.55. The first kappa shape index (κ1) is 24.5. The number of aromatic nitrogens is 2. The van der Waals surface area contributed by atoms with Crippen molar-refractivity contribution in [2.24, 2.45) is 7.05 Å². The first-order chi connectivity index (χ1) is 16.5. The van der Waals surface area contributed by atoms with Gasteiger partial charge >= 0.3 is 18.1 Å². The van der Waals surface area contributed by atoms with Gasteiger partial charge in [-0.25, -0.2) is 9.59 Å². The Morgan fingerprint density at radius 1 is 1.17 bits per heavy atom. The second-order valence-electron chi connectivity index (χ2n) is 8.58. The van der Waals surface area contributed by atoms with Crippen LogP contribution in [0.5, 0.6) is 0 Å². The lowest BCUT2D eigenvalue weighted by Crippen LogP contribution is -2.31. The maximum Gasteiger partial charge on any atom is 0.491 e. The van der Waals surface area contributed by atoms with Gasteiger partial charge in [0.15, 0.2) is 0 Å². The number of nitrogens with one attached hydrogen (secondary N) is 1. The molecule has 3 N–H and O–H groups in total. The summed E-state index contributed by atoms with van der Waals surface area (Å²) >= 11 is 0. The number of anilines is 1. The number of carbonyl (C=O) groups excluding carboxylic acids is 2. The number of hydrogen-bond acceptors (Lipinski definition) is 6. The number of aryl methyl sites for hydroxylation is 1. The fraction of sp³-hybridized carbons (Fsp3) is 0.375. The highest BCUT2D eigenvalue weighted by atomic mass is 19.4. The average Bonchev–Trinajstić information content (AvgIpc) is 3.40. The minimum absolute atomic E-state index is 0.262. The molecule has 35 heavy (non-hydrogen) atoms. The second kappa shape index (κ2) is 9.21. The molecular formula is C24H25F3N4O4. The number of esters is 2. The number of alkyl halides is 3. The lowest BCUT2D eigenvalue weighted by molar-refractivity contribution is -0.193. The van der Waals surface area contributed by atoms with E-state index in [0.717, 1.165) is 36.2 Å². The SMILES string of the molecule is CCc1c(-c2ccc3c(c2)cc(CN2CCCC2)n3C)[nH]c(=O)c(C(=O)OC(=O)C(F)(F)F)c1N. The summed E-state index contributed by atoms with van der Waals surface area (Å²) in [6.45, 7) is 4.68. The molecule has 3 aromatic rings. The Labute approximate surface area is 198 Å². The van der Waals surface area contributed by atoms with Crippen LogP contribution < -0.4 is 11.3 Å². The lowest BCUT2D eigenvalue weighted by Gasteiger charge is -2.15. The summed E-state index contributed by atoms with van der Waals surface area (Å²) in [6, 6.07) is 7.68. The first-order valence-electron chi connectivity index (χ1n) is 11.2. The summed E-state index contributed by atoms with van der Waals surface area (Å²) in [5.41, 5.74) is 7.30. The monoisotopic (exact) mass is 490 g/mol. The molecule has 1 aliphatic rings. The third-order valence-electron chi connectivity index (χ3n) is 6.35. The predicted octanol–water partition coefficient (Wildman–Crippen LogP) is 3.52. The summed E-state index contributed by atoms with van der Waals surface area (Å²) < 4.78 is 43.4. The van der Waals surface area contributed by atoms with Crippen molar-refractivity contribution in [3.05, 3.63) is 51.4 Å². The zero-order valence-corrected chi connectivity index (χ0v) is 19.3. The van der Waals surface area contributed by atoms with E-state index in [1.807, 2.05) is 19.2 Å². The van der Waals surface area contributed by atoms with E-state index in [0.29, 0.717) is 16.8 Å². The average molecular weight is 490 g/mol. The molecule has 8 nitrogen and oxygen atoms in total. The molecule has 0 spiro atoms. The summed E-state index contributed by atoms with van der Waals surface area (Å²) in [6.07, 6.45) is -2.74. The van der Waals surface area contributed by atoms with E-state index in [1.165, 1.54) is 12.8 Å². The van der Waals surface area contributed by atoms with E-state index >= 15 is 0 Å². The van der Waals surface area contributed by atoms with Crippen molar-refractivity contribution in [2.75, 3.05) is 18.8 Å². The van der Waals surface area contributed by atoms with Crippen LogP contribution in [0.4, 0.5) is 18.9 Å². The van der Waals surface area contributed by atoms with Gasteiger partial charge in [-0.1, -0.05) is 13.0 Å². The number of rotatable bonds is 5. The predicted molar refractivity (Wildman–Crippen MR) is 124 cm³/mol. The number of carbonyl (C=O) groups is 2. The Morgan fingerprint density at radius 2 is 1.86 bits per heavy atom. The van der Waals surface area contributed by atoms with Crippen molar-refractivity contribution >= 4 is 28.5 Å². The molecule has 1 aromatic carbocycles. The number of nitrogens with zero attached hydrogens (tertiary/aromatic N) is 2. The maximum absolute atomic E-state index is 12.7. The van der Waals surface area contributed by atoms with Gasteiger partial charge in [-0.15, -0.1) is 0 Å². The van der Waals surface area contributed by atoms with Crippen molar-refractivity contribution in [3.63, 3.8) is 0 Å². The zero-order chi connectivity index (χ0) is 25.5. The van der Waals surface area contributed by atoms with Gasteiger partial charge in [-0.05, 0) is 56.1 Å². The first-order valence-corrected chi connectivity index (χ1v) is 11.2. The van der Waals surface area contributed by atoms with Crippen LogP contribution in [0.2, 0.25) is 0 Å². The fourth-order valence-corrected chi connectivity index (χ4v) is 4.55. The number of nitrogens with two attached hydrogens (primary N) is 1. The number of aromatic amines is 1. The minimum atomic E-state index is -5.39. The van der Waals surface area contributed by atoms with E-state index in [9.17, 15) is 27.6 Å². The van der Waals surface area contributed by atoms with Crippen LogP contribution >= 0.6 is 0 Å². The standard InChI is InChI=1S/C24H25F3N4O4/c1-3-16-19(28)18(22(33)35-23(34)24(25,26)27)21(32)29-20(16)13-6-7-17-14(10-13)11-15(30(17)2)12-31-8-4-5-9-31/h6-7,10-11H,3-5,8-9,12H2,1-2H3,(H3,28,29,32). The third-order valence-corrected chi connectivity index (χ3v) is 6.35. The molecule has 0 atom stereocenters. The number of nitrogen functional groups attached to an aromatic ring is 1. The van der Waals surface area contributed by atoms with E-state index in [1.54, 1.807) is 13.0 Å². The van der Waals surface area contributed by atoms with E-state index < -0.39 is 29.2 Å². The summed E-state index contributed by atoms with van der Waals surface area (Å²) in [5.74, 6) is -4.47. The number of fused-ring (bicyclic) bond motifs is 1. The number of pyridine rings is 1. The normalized spacial score (nSPS) is 14.5. The molecule has 0 bridgehead atoms. The quantitative estimate of drug-likeness (QED) is 0.418. The second-order valence-corrected chi connectivity index (χ2v) is 8.58. The van der Waals surface area contributed by atoms with Gasteiger partial charge in [0.25, 0.3) is 5.56 Å². The topological polar surface area (TPSA) is 110 Å². The number of hydrogen-bond donors (Lipinski definition) is 2. The lowest BCUT2D eigenvalue weighted by atomic mass is 9.99. The van der Waals surface area contributed by atoms with Crippen molar-refractivity contribution in [2.45, 2.75) is 38.9 Å². The third kappa shape index (κ3) is 4.68. The molecule has 11 heteroatoms. The number of benzene rings is 1. The minimum Gasteiger partial charge on any atom is -0.398 e. The van der Waals surface area contributed by atoms with E-state index in [4.69, 9.17) is 5.73 Å². The Kier molecular flexibility index (Phi) is 6.46. The van der Waals surface area contributed by atoms with Crippen LogP contribution in [0, 0.1) is 0 Å². The number of H-pyrrole nitrogens is 1. The van der Waals surface area contributed by atoms with Gasteiger partial charge < -0.3 is 20.0 Å². The van der Waals surface area contributed by atoms with Crippen molar-refractivity contribution in [1.82, 2.24) is 14.5 Å². The molecular weight excluding hydrogens is 465 g/mol. The highest BCUT2D eigenvalue weighted by molar-refractivity contribution is 6.02. The van der Waals surface area contributed by atoms with E-state index in [2.05, 4.69) is 25.3 Å². The number of halogens is 3. The summed E-state index contributed by atoms with van der Waals surface area (Å²) in [7, 11) is 1.99. The Balaban J connectivity index is 1.72. The van der Waals surface area contributed by atoms with Gasteiger partial charge in [0.2, 0.25) is 0 Å². The molecule has 186 valence electrons. The highest BCUT2D eigenvalue weighted by Gasteiger charge is 2.43. The van der Waals surface area contributed by atoms with Gasteiger partial charge in [0, 0.05) is 35.8 Å². The molecule has 1 saturated heterocycles. The van der Waals surface area contributed by atoms with Gasteiger partial charge in [0.1, 0.15) is 5.56 Å². The molecule has 1 fully saturated rings. The van der Waals surface area contributed by atoms with Gasteiger partial charge in [0.05, 0.1) is 11.4 Å². The molecule has 2 aromatic heterocycles. The van der Waals surface area contributed by atoms with E-state index in [-0.39, 0.29) is 12.1 Å². The van der Waals surface area contributed by atoms with Crippen LogP contribution in [0.3, 0.4) is 0 Å². The van der Waals surface area contributed by atoms with Crippen LogP contribution in [0.1, 0.15) is 41.4 Å². The van der Waals surface area contributed by atoms with Crippen LogP contribution in [-0.4, -0.2) is 45.7 Å². The molecule has 0 aliphatic carbocycles. The van der Waals surface area contributed by atoms with Crippen molar-refractivity contribution in [3.8, 4) is 11.3 Å². The molecule has 3 heterocycles.